The molecule has 0 amide bonds. The zero-order valence-corrected chi connectivity index (χ0v) is 15.2. The number of ether oxygens (including phenoxy) is 1. The smallest absolute Gasteiger partial charge is 0.246 e. The van der Waals surface area contributed by atoms with Crippen molar-refractivity contribution in [3.05, 3.63) is 42.2 Å². The van der Waals surface area contributed by atoms with Gasteiger partial charge in [-0.3, -0.25) is 0 Å². The molecule has 8 nitrogen and oxygen atoms in total. The molecule has 0 atom stereocenters. The van der Waals surface area contributed by atoms with E-state index in [1.54, 1.807) is 6.07 Å². The third-order valence-corrected chi connectivity index (χ3v) is 5.41. The molecule has 1 aromatic heterocycles. The van der Waals surface area contributed by atoms with E-state index in [0.717, 1.165) is 37.1 Å². The molecule has 11 heteroatoms. The van der Waals surface area contributed by atoms with Gasteiger partial charge in [0.25, 0.3) is 0 Å². The lowest BCUT2D eigenvalue weighted by Crippen LogP contribution is -2.36. The molecule has 3 rings (SSSR count). The van der Waals surface area contributed by atoms with Crippen molar-refractivity contribution in [3.63, 3.8) is 0 Å². The lowest BCUT2D eigenvalue weighted by Gasteiger charge is -2.27. The van der Waals surface area contributed by atoms with E-state index in [4.69, 9.17) is 4.74 Å². The van der Waals surface area contributed by atoms with Gasteiger partial charge in [0.1, 0.15) is 29.6 Å². The van der Waals surface area contributed by atoms with E-state index in [-0.39, 0.29) is 13.1 Å². The Morgan fingerprint density at radius 3 is 2.52 bits per heavy atom. The first-order chi connectivity index (χ1) is 13.0. The summed E-state index contributed by atoms with van der Waals surface area (Å²) in [4.78, 5) is 9.36. The summed E-state index contributed by atoms with van der Waals surface area (Å²) < 4.78 is 58.9. The zero-order valence-electron chi connectivity index (χ0n) is 14.4. The van der Waals surface area contributed by atoms with Crippen LogP contribution in [0.4, 0.5) is 20.4 Å². The van der Waals surface area contributed by atoms with Crippen LogP contribution in [-0.2, 0) is 14.8 Å². The van der Waals surface area contributed by atoms with Crippen molar-refractivity contribution in [2.75, 3.05) is 49.6 Å². The van der Waals surface area contributed by atoms with Crippen LogP contribution in [0, 0.1) is 11.6 Å². The number of aromatic nitrogens is 2. The Morgan fingerprint density at radius 1 is 1.11 bits per heavy atom. The van der Waals surface area contributed by atoms with Crippen molar-refractivity contribution in [1.29, 1.82) is 0 Å². The number of hydrogen-bond donors (Lipinski definition) is 2. The van der Waals surface area contributed by atoms with Gasteiger partial charge < -0.3 is 15.0 Å². The van der Waals surface area contributed by atoms with Gasteiger partial charge in [-0.15, -0.1) is 0 Å². The Hall–Kier alpha value is -2.37. The molecule has 27 heavy (non-hydrogen) atoms. The van der Waals surface area contributed by atoms with E-state index in [2.05, 4.69) is 24.9 Å². The Labute approximate surface area is 155 Å². The Bertz CT molecular complexity index is 871. The highest BCUT2D eigenvalue weighted by Crippen LogP contribution is 2.18. The summed E-state index contributed by atoms with van der Waals surface area (Å²) in [7, 11) is -4.30. The first-order valence-corrected chi connectivity index (χ1v) is 9.78. The summed E-state index contributed by atoms with van der Waals surface area (Å²) in [6, 6.07) is 4.64. The second kappa shape index (κ2) is 8.55. The predicted molar refractivity (Wildman–Crippen MR) is 95.1 cm³/mol. The van der Waals surface area contributed by atoms with Gasteiger partial charge in [0.2, 0.25) is 10.0 Å². The van der Waals surface area contributed by atoms with Gasteiger partial charge in [-0.05, 0) is 12.1 Å². The minimum Gasteiger partial charge on any atom is -0.378 e. The maximum absolute atomic E-state index is 13.6. The van der Waals surface area contributed by atoms with E-state index in [0.29, 0.717) is 19.0 Å². The van der Waals surface area contributed by atoms with Crippen LogP contribution >= 0.6 is 0 Å². The molecule has 0 spiro atoms. The largest absolute Gasteiger partial charge is 0.378 e. The molecule has 1 aliphatic rings. The minimum absolute atomic E-state index is 0.0764. The third-order valence-electron chi connectivity index (χ3n) is 3.90. The molecule has 0 saturated carbocycles. The lowest BCUT2D eigenvalue weighted by molar-refractivity contribution is 0.122. The molecule has 1 saturated heterocycles. The molecule has 2 heterocycles. The van der Waals surface area contributed by atoms with E-state index in [1.165, 1.54) is 6.33 Å². The zero-order chi connectivity index (χ0) is 19.3. The topological polar surface area (TPSA) is 96.5 Å². The van der Waals surface area contributed by atoms with Crippen LogP contribution in [0.25, 0.3) is 0 Å². The molecule has 2 aromatic rings. The fourth-order valence-corrected chi connectivity index (χ4v) is 3.76. The molecule has 1 aliphatic heterocycles. The van der Waals surface area contributed by atoms with Crippen molar-refractivity contribution in [3.8, 4) is 0 Å². The first-order valence-electron chi connectivity index (χ1n) is 8.30. The van der Waals surface area contributed by atoms with Crippen molar-refractivity contribution >= 4 is 21.7 Å². The second-order valence-electron chi connectivity index (χ2n) is 5.74. The Morgan fingerprint density at radius 2 is 1.81 bits per heavy atom. The molecule has 2 N–H and O–H groups in total. The lowest BCUT2D eigenvalue weighted by atomic mass is 10.3. The summed E-state index contributed by atoms with van der Waals surface area (Å²) in [5, 5.41) is 2.95. The fraction of sp³-hybridized carbons (Fsp3) is 0.375. The number of hydrogen-bond acceptors (Lipinski definition) is 7. The van der Waals surface area contributed by atoms with Gasteiger partial charge >= 0.3 is 0 Å². The monoisotopic (exact) mass is 399 g/mol. The van der Waals surface area contributed by atoms with Gasteiger partial charge in [0.15, 0.2) is 4.90 Å². The first kappa shape index (κ1) is 19.4. The van der Waals surface area contributed by atoms with Crippen LogP contribution in [0.1, 0.15) is 0 Å². The van der Waals surface area contributed by atoms with Crippen molar-refractivity contribution < 1.29 is 21.9 Å². The van der Waals surface area contributed by atoms with Crippen molar-refractivity contribution in [1.82, 2.24) is 14.7 Å². The summed E-state index contributed by atoms with van der Waals surface area (Å²) in [6.07, 6.45) is 1.41. The van der Waals surface area contributed by atoms with Gasteiger partial charge in [-0.1, -0.05) is 6.07 Å². The van der Waals surface area contributed by atoms with Gasteiger partial charge in [0.05, 0.1) is 13.2 Å². The van der Waals surface area contributed by atoms with E-state index >= 15 is 0 Å². The molecule has 0 aliphatic carbocycles. The van der Waals surface area contributed by atoms with Crippen LogP contribution in [-0.4, -0.2) is 57.8 Å². The number of halogens is 2. The molecule has 0 radical (unpaired) electrons. The van der Waals surface area contributed by atoms with Crippen LogP contribution < -0.4 is 14.9 Å². The quantitative estimate of drug-likeness (QED) is 0.670. The van der Waals surface area contributed by atoms with E-state index in [9.17, 15) is 17.2 Å². The highest BCUT2D eigenvalue weighted by molar-refractivity contribution is 7.89. The number of sulfonamides is 1. The molecular formula is C16H19F2N5O3S. The Balaban J connectivity index is 1.56. The number of anilines is 2. The highest BCUT2D eigenvalue weighted by Gasteiger charge is 2.23. The molecule has 146 valence electrons. The number of morpholine rings is 1. The van der Waals surface area contributed by atoms with Crippen molar-refractivity contribution in [2.24, 2.45) is 0 Å². The number of nitrogens with one attached hydrogen (secondary N) is 2. The Kier molecular flexibility index (Phi) is 6.14. The van der Waals surface area contributed by atoms with Crippen LogP contribution in [0.15, 0.2) is 35.5 Å². The molecule has 1 aromatic carbocycles. The second-order valence-corrected chi connectivity index (χ2v) is 7.44. The van der Waals surface area contributed by atoms with Crippen LogP contribution in [0.2, 0.25) is 0 Å². The van der Waals surface area contributed by atoms with E-state index in [1.807, 2.05) is 0 Å². The normalized spacial score (nSPS) is 15.0. The summed E-state index contributed by atoms with van der Waals surface area (Å²) in [6.45, 7) is 2.80. The van der Waals surface area contributed by atoms with E-state index < -0.39 is 26.6 Å². The van der Waals surface area contributed by atoms with Gasteiger partial charge in [-0.2, -0.15) is 0 Å². The number of rotatable bonds is 7. The van der Waals surface area contributed by atoms with Crippen LogP contribution in [0.5, 0.6) is 0 Å². The van der Waals surface area contributed by atoms with Crippen molar-refractivity contribution in [2.45, 2.75) is 4.90 Å². The highest BCUT2D eigenvalue weighted by atomic mass is 32.2. The number of nitrogens with zero attached hydrogens (tertiary/aromatic N) is 3. The maximum Gasteiger partial charge on any atom is 0.246 e. The summed E-state index contributed by atoms with van der Waals surface area (Å²) >= 11 is 0. The third kappa shape index (κ3) is 4.87. The molecule has 0 bridgehead atoms. The maximum atomic E-state index is 13.6. The molecule has 1 fully saturated rings. The fourth-order valence-electron chi connectivity index (χ4n) is 2.60. The average molecular weight is 399 g/mol. The van der Waals surface area contributed by atoms with Gasteiger partial charge in [-0.25, -0.2) is 31.9 Å². The van der Waals surface area contributed by atoms with Crippen LogP contribution in [0.3, 0.4) is 0 Å². The molecular weight excluding hydrogens is 380 g/mol. The molecule has 0 unspecified atom stereocenters. The standard InChI is InChI=1S/C16H19F2N5O3S/c17-12-2-1-3-13(18)16(12)27(24,25)22-5-4-19-14-10-15(21-11-20-14)23-6-8-26-9-7-23/h1-3,10-11,22H,4-9H2,(H,19,20,21). The summed E-state index contributed by atoms with van der Waals surface area (Å²) in [5.74, 6) is -1.02. The average Bonchev–Trinajstić information content (AvgIpc) is 2.66. The van der Waals surface area contributed by atoms with Gasteiger partial charge in [0, 0.05) is 32.2 Å². The predicted octanol–water partition coefficient (Wildman–Crippen LogP) is 0.982. The minimum atomic E-state index is -4.30. The number of benzene rings is 1. The summed E-state index contributed by atoms with van der Waals surface area (Å²) in [5.41, 5.74) is 0. The SMILES string of the molecule is O=S(=O)(NCCNc1cc(N2CCOCC2)ncn1)c1c(F)cccc1F.